The minimum absolute atomic E-state index is 0.0869. The van der Waals surface area contributed by atoms with Gasteiger partial charge in [-0.15, -0.1) is 11.3 Å². The first-order valence-corrected chi connectivity index (χ1v) is 7.06. The van der Waals surface area contributed by atoms with Crippen molar-refractivity contribution in [1.29, 1.82) is 0 Å². The Morgan fingerprint density at radius 2 is 2.31 bits per heavy atom. The van der Waals surface area contributed by atoms with Crippen molar-refractivity contribution in [2.45, 2.75) is 50.3 Å². The molecule has 1 N–H and O–H groups in total. The summed E-state index contributed by atoms with van der Waals surface area (Å²) in [5.41, 5.74) is 3.14. The highest BCUT2D eigenvalue weighted by molar-refractivity contribution is 7.07. The van der Waals surface area contributed by atoms with E-state index in [4.69, 9.17) is 0 Å². The van der Waals surface area contributed by atoms with Crippen LogP contribution in [0.3, 0.4) is 0 Å². The molecule has 2 fully saturated rings. The van der Waals surface area contributed by atoms with Gasteiger partial charge >= 0.3 is 0 Å². The average molecular weight is 238 g/mol. The Kier molecular flexibility index (Phi) is 2.73. The summed E-state index contributed by atoms with van der Waals surface area (Å²) in [4.78, 5) is 6.83. The smallest absolute Gasteiger partial charge is 0.0795 e. The van der Waals surface area contributed by atoms with Gasteiger partial charge in [0.05, 0.1) is 17.3 Å². The third-order valence-corrected chi connectivity index (χ3v) is 4.86. The van der Waals surface area contributed by atoms with E-state index in [1.807, 2.05) is 5.51 Å². The molecule has 0 radical (unpaired) electrons. The summed E-state index contributed by atoms with van der Waals surface area (Å²) in [6, 6.07) is 0. The van der Waals surface area contributed by atoms with E-state index in [-0.39, 0.29) is 11.6 Å². The summed E-state index contributed by atoms with van der Waals surface area (Å²) in [6.45, 7) is 1.94. The topological polar surface area (TPSA) is 36.4 Å². The van der Waals surface area contributed by atoms with E-state index in [2.05, 4.69) is 15.3 Å². The van der Waals surface area contributed by atoms with Crippen LogP contribution in [0.5, 0.6) is 0 Å². The van der Waals surface area contributed by atoms with Crippen LogP contribution in [0.25, 0.3) is 0 Å². The first-order chi connectivity index (χ1) is 7.81. The lowest BCUT2D eigenvalue weighted by atomic mass is 9.91. The van der Waals surface area contributed by atoms with Crippen molar-refractivity contribution in [3.8, 4) is 0 Å². The number of aromatic nitrogens is 1. The Morgan fingerprint density at radius 1 is 1.50 bits per heavy atom. The van der Waals surface area contributed by atoms with Crippen molar-refractivity contribution in [1.82, 2.24) is 9.88 Å². The van der Waals surface area contributed by atoms with Gasteiger partial charge in [-0.2, -0.15) is 0 Å². The zero-order valence-corrected chi connectivity index (χ0v) is 10.2. The largest absolute Gasteiger partial charge is 0.391 e. The number of aliphatic hydroxyl groups excluding tert-OH is 1. The number of hydrogen-bond acceptors (Lipinski definition) is 4. The summed E-state index contributed by atoms with van der Waals surface area (Å²) in [5, 5.41) is 12.3. The van der Waals surface area contributed by atoms with Crippen molar-refractivity contribution in [2.24, 2.45) is 0 Å². The molecule has 4 heteroatoms. The molecule has 0 aromatic carbocycles. The molecule has 3 nitrogen and oxygen atoms in total. The maximum Gasteiger partial charge on any atom is 0.0795 e. The van der Waals surface area contributed by atoms with E-state index in [1.54, 1.807) is 11.3 Å². The standard InChI is InChI=1S/C12H18N2OS/c15-11-3-6-14(7-10-8-16-9-13-10)12(11)4-1-2-5-12/h8-9,11,15H,1-7H2. The molecule has 1 unspecified atom stereocenters. The lowest BCUT2D eigenvalue weighted by Gasteiger charge is -2.37. The van der Waals surface area contributed by atoms with Gasteiger partial charge in [0, 0.05) is 24.0 Å². The predicted molar refractivity (Wildman–Crippen MR) is 64.3 cm³/mol. The van der Waals surface area contributed by atoms with Crippen molar-refractivity contribution < 1.29 is 5.11 Å². The van der Waals surface area contributed by atoms with Crippen molar-refractivity contribution in [3.05, 3.63) is 16.6 Å². The van der Waals surface area contributed by atoms with E-state index in [1.165, 1.54) is 12.8 Å². The SMILES string of the molecule is OC1CCN(Cc2cscn2)C12CCCC2. The zero-order valence-electron chi connectivity index (χ0n) is 9.43. The molecule has 1 aliphatic carbocycles. The van der Waals surface area contributed by atoms with Crippen molar-refractivity contribution in [2.75, 3.05) is 6.54 Å². The highest BCUT2D eigenvalue weighted by Crippen LogP contribution is 2.43. The summed E-state index contributed by atoms with van der Waals surface area (Å²) in [6.07, 6.45) is 5.68. The fourth-order valence-corrected chi connectivity index (χ4v) is 3.91. The van der Waals surface area contributed by atoms with Crippen LogP contribution in [0.1, 0.15) is 37.8 Å². The van der Waals surface area contributed by atoms with Crippen LogP contribution in [0.4, 0.5) is 0 Å². The van der Waals surface area contributed by atoms with Gasteiger partial charge in [-0.05, 0) is 19.3 Å². The van der Waals surface area contributed by atoms with Gasteiger partial charge in [0.1, 0.15) is 0 Å². The van der Waals surface area contributed by atoms with Crippen LogP contribution in [-0.4, -0.2) is 33.2 Å². The quantitative estimate of drug-likeness (QED) is 0.856. The number of rotatable bonds is 2. The van der Waals surface area contributed by atoms with Crippen molar-refractivity contribution >= 4 is 11.3 Å². The van der Waals surface area contributed by atoms with Gasteiger partial charge < -0.3 is 5.11 Å². The number of hydrogen-bond donors (Lipinski definition) is 1. The Labute approximate surface area is 100 Å². The average Bonchev–Trinajstić information content (AvgIpc) is 2.98. The molecule has 1 aromatic rings. The Morgan fingerprint density at radius 3 is 3.00 bits per heavy atom. The molecule has 1 aromatic heterocycles. The molecular formula is C12H18N2OS. The number of nitrogens with zero attached hydrogens (tertiary/aromatic N) is 2. The Balaban J connectivity index is 1.79. The molecule has 1 atom stereocenters. The minimum atomic E-state index is -0.117. The normalized spacial score (nSPS) is 29.2. The van der Waals surface area contributed by atoms with E-state index < -0.39 is 0 Å². The molecule has 0 bridgehead atoms. The maximum atomic E-state index is 10.2. The van der Waals surface area contributed by atoms with Crippen LogP contribution >= 0.6 is 11.3 Å². The third kappa shape index (κ3) is 1.60. The number of aliphatic hydroxyl groups is 1. The summed E-state index contributed by atoms with van der Waals surface area (Å²) in [7, 11) is 0. The van der Waals surface area contributed by atoms with Crippen molar-refractivity contribution in [3.63, 3.8) is 0 Å². The molecule has 3 rings (SSSR count). The summed E-state index contributed by atoms with van der Waals surface area (Å²) >= 11 is 1.65. The van der Waals surface area contributed by atoms with E-state index in [9.17, 15) is 5.11 Å². The first-order valence-electron chi connectivity index (χ1n) is 6.11. The molecule has 0 amide bonds. The monoisotopic (exact) mass is 238 g/mol. The lowest BCUT2D eigenvalue weighted by Crippen LogP contribution is -2.47. The Hall–Kier alpha value is -0.450. The van der Waals surface area contributed by atoms with Gasteiger partial charge in [0.25, 0.3) is 0 Å². The van der Waals surface area contributed by atoms with Gasteiger partial charge in [-0.1, -0.05) is 12.8 Å². The minimum Gasteiger partial charge on any atom is -0.391 e. The fourth-order valence-electron chi connectivity index (χ4n) is 3.36. The molecule has 1 aliphatic heterocycles. The van der Waals surface area contributed by atoms with Crippen LogP contribution < -0.4 is 0 Å². The van der Waals surface area contributed by atoms with Gasteiger partial charge in [-0.3, -0.25) is 4.90 Å². The third-order valence-electron chi connectivity index (χ3n) is 4.23. The fraction of sp³-hybridized carbons (Fsp3) is 0.750. The van der Waals surface area contributed by atoms with Gasteiger partial charge in [0.15, 0.2) is 0 Å². The Bertz CT molecular complexity index is 346. The molecule has 1 saturated carbocycles. The maximum absolute atomic E-state index is 10.2. The molecule has 2 heterocycles. The van der Waals surface area contributed by atoms with Gasteiger partial charge in [-0.25, -0.2) is 4.98 Å². The summed E-state index contributed by atoms with van der Waals surface area (Å²) < 4.78 is 0. The predicted octanol–water partition coefficient (Wildman–Crippen LogP) is 2.02. The molecule has 2 aliphatic rings. The number of likely N-dealkylation sites (tertiary alicyclic amines) is 1. The van der Waals surface area contributed by atoms with Crippen LogP contribution in [0, 0.1) is 0 Å². The first kappa shape index (κ1) is 10.7. The molecule has 16 heavy (non-hydrogen) atoms. The van der Waals surface area contributed by atoms with E-state index in [0.29, 0.717) is 0 Å². The second kappa shape index (κ2) is 4.09. The van der Waals surface area contributed by atoms with Crippen LogP contribution in [0.15, 0.2) is 10.9 Å². The second-order valence-electron chi connectivity index (χ2n) is 5.02. The number of thiazole rings is 1. The second-order valence-corrected chi connectivity index (χ2v) is 5.74. The molecule has 1 saturated heterocycles. The summed E-state index contributed by atoms with van der Waals surface area (Å²) in [5.74, 6) is 0. The molecule has 1 spiro atoms. The molecular weight excluding hydrogens is 220 g/mol. The highest BCUT2D eigenvalue weighted by Gasteiger charge is 2.49. The van der Waals surface area contributed by atoms with Gasteiger partial charge in [0.2, 0.25) is 0 Å². The van der Waals surface area contributed by atoms with E-state index >= 15 is 0 Å². The van der Waals surface area contributed by atoms with E-state index in [0.717, 1.165) is 38.0 Å². The molecule has 88 valence electrons. The zero-order chi connectivity index (χ0) is 11.0. The highest BCUT2D eigenvalue weighted by atomic mass is 32.1. The lowest BCUT2D eigenvalue weighted by molar-refractivity contribution is 0.0272. The van der Waals surface area contributed by atoms with Crippen LogP contribution in [0.2, 0.25) is 0 Å². The van der Waals surface area contributed by atoms with Crippen LogP contribution in [-0.2, 0) is 6.54 Å².